The zero-order valence-electron chi connectivity index (χ0n) is 21.1. The summed E-state index contributed by atoms with van der Waals surface area (Å²) < 4.78 is 7.29. The van der Waals surface area contributed by atoms with Crippen molar-refractivity contribution in [2.45, 2.75) is 32.2 Å². The number of urea groups is 1. The van der Waals surface area contributed by atoms with Crippen LogP contribution >= 0.6 is 0 Å². The van der Waals surface area contributed by atoms with E-state index in [0.717, 1.165) is 70.5 Å². The molecule has 9 heteroatoms. The Kier molecular flexibility index (Phi) is 6.73. The number of hydrogen-bond donors (Lipinski definition) is 3. The molecule has 0 spiro atoms. The molecule has 0 aliphatic carbocycles. The fraction of sp³-hybridized carbons (Fsp3) is 0.407. The number of hydrogen-bond acceptors (Lipinski definition) is 6. The fourth-order valence-corrected chi connectivity index (χ4v) is 5.05. The number of carbonyl (C=O) groups excluding carboxylic acids is 1. The second-order valence-corrected chi connectivity index (χ2v) is 9.54. The van der Waals surface area contributed by atoms with E-state index in [1.165, 1.54) is 0 Å². The minimum atomic E-state index is -0.123. The van der Waals surface area contributed by atoms with Gasteiger partial charge in [0, 0.05) is 86.5 Å². The summed E-state index contributed by atoms with van der Waals surface area (Å²) in [6.45, 7) is 4.58. The summed E-state index contributed by atoms with van der Waals surface area (Å²) in [6.07, 6.45) is 8.19. The maximum absolute atomic E-state index is 12.5. The fourth-order valence-electron chi connectivity index (χ4n) is 5.05. The van der Waals surface area contributed by atoms with Crippen molar-refractivity contribution in [3.05, 3.63) is 59.2 Å². The number of fused-ring (bicyclic) bond motifs is 1. The highest BCUT2D eigenvalue weighted by molar-refractivity contribution is 6.18. The third-order valence-corrected chi connectivity index (χ3v) is 7.14. The third-order valence-electron chi connectivity index (χ3n) is 7.14. The lowest BCUT2D eigenvalue weighted by molar-refractivity contribution is 0.0798. The molecule has 0 unspecified atom stereocenters. The predicted octanol–water partition coefficient (Wildman–Crippen LogP) is 3.38. The molecular weight excluding hydrogens is 454 g/mol. The Balaban J connectivity index is 1.54. The van der Waals surface area contributed by atoms with Gasteiger partial charge in [-0.1, -0.05) is 12.1 Å². The summed E-state index contributed by atoms with van der Waals surface area (Å²) in [7, 11) is 3.53. The Morgan fingerprint density at radius 3 is 2.72 bits per heavy atom. The van der Waals surface area contributed by atoms with Crippen molar-refractivity contribution in [1.82, 2.24) is 30.3 Å². The molecule has 3 aromatic rings. The number of nitrogens with one attached hydrogen (secondary N) is 3. The molecule has 3 N–H and O–H groups in total. The van der Waals surface area contributed by atoms with Crippen LogP contribution in [0.4, 0.5) is 4.79 Å². The molecule has 2 aliphatic heterocycles. The topological polar surface area (TPSA) is 108 Å². The molecular formula is C27H33N7O2. The van der Waals surface area contributed by atoms with Crippen LogP contribution in [0.5, 0.6) is 0 Å². The molecule has 0 atom stereocenters. The van der Waals surface area contributed by atoms with Gasteiger partial charge in [0.15, 0.2) is 0 Å². The molecule has 0 saturated carbocycles. The lowest BCUT2D eigenvalue weighted by Gasteiger charge is -2.34. The number of amides is 2. The lowest BCUT2D eigenvalue weighted by atomic mass is 9.91. The number of ether oxygens (including phenoxy) is 1. The second kappa shape index (κ2) is 10.1. The van der Waals surface area contributed by atoms with E-state index in [-0.39, 0.29) is 6.03 Å². The van der Waals surface area contributed by atoms with E-state index in [2.05, 4.69) is 34.8 Å². The van der Waals surface area contributed by atoms with Crippen LogP contribution in [0.15, 0.2) is 48.1 Å². The number of carbonyl (C=O) groups is 1. The average Bonchev–Trinajstić information content (AvgIpc) is 3.35. The first-order valence-corrected chi connectivity index (χ1v) is 12.4. The Labute approximate surface area is 211 Å². The Morgan fingerprint density at radius 1 is 1.19 bits per heavy atom. The van der Waals surface area contributed by atoms with Crippen molar-refractivity contribution < 1.29 is 9.53 Å². The van der Waals surface area contributed by atoms with Crippen LogP contribution < -0.4 is 10.6 Å². The van der Waals surface area contributed by atoms with Gasteiger partial charge in [-0.2, -0.15) is 5.10 Å². The molecule has 188 valence electrons. The van der Waals surface area contributed by atoms with Crippen LogP contribution in [0.2, 0.25) is 0 Å². The summed E-state index contributed by atoms with van der Waals surface area (Å²) in [5.74, 6) is 0. The van der Waals surface area contributed by atoms with Crippen molar-refractivity contribution in [3.8, 4) is 11.3 Å². The maximum Gasteiger partial charge on any atom is 0.317 e. The first-order chi connectivity index (χ1) is 17.4. The zero-order chi connectivity index (χ0) is 25.2. The van der Waals surface area contributed by atoms with Crippen molar-refractivity contribution in [2.75, 3.05) is 33.4 Å². The molecule has 0 bridgehead atoms. The van der Waals surface area contributed by atoms with Gasteiger partial charge in [-0.3, -0.25) is 15.1 Å². The molecule has 2 aliphatic rings. The van der Waals surface area contributed by atoms with E-state index in [9.17, 15) is 10.2 Å². The van der Waals surface area contributed by atoms with Crippen molar-refractivity contribution in [1.29, 1.82) is 5.41 Å². The van der Waals surface area contributed by atoms with Gasteiger partial charge in [0.2, 0.25) is 0 Å². The normalized spacial score (nSPS) is 16.9. The van der Waals surface area contributed by atoms with Crippen molar-refractivity contribution in [3.63, 3.8) is 0 Å². The third kappa shape index (κ3) is 4.70. The molecule has 2 amide bonds. The van der Waals surface area contributed by atoms with E-state index in [0.29, 0.717) is 31.3 Å². The van der Waals surface area contributed by atoms with Gasteiger partial charge in [-0.15, -0.1) is 0 Å². The maximum atomic E-state index is 12.5. The van der Waals surface area contributed by atoms with Gasteiger partial charge in [-0.05, 0) is 36.8 Å². The molecule has 1 fully saturated rings. The van der Waals surface area contributed by atoms with Crippen LogP contribution in [0.1, 0.15) is 30.4 Å². The second-order valence-electron chi connectivity index (χ2n) is 9.54. The van der Waals surface area contributed by atoms with Crippen molar-refractivity contribution in [2.24, 2.45) is 7.05 Å². The predicted molar refractivity (Wildman–Crippen MR) is 140 cm³/mol. The summed E-state index contributed by atoms with van der Waals surface area (Å²) in [5.41, 5.74) is 6.10. The van der Waals surface area contributed by atoms with Crippen LogP contribution in [0.25, 0.3) is 22.0 Å². The molecule has 0 radical (unpaired) electrons. The smallest absolute Gasteiger partial charge is 0.317 e. The van der Waals surface area contributed by atoms with Gasteiger partial charge in [0.1, 0.15) is 0 Å². The van der Waals surface area contributed by atoms with Crippen LogP contribution in [0, 0.1) is 12.3 Å². The van der Waals surface area contributed by atoms with Gasteiger partial charge in [0.25, 0.3) is 0 Å². The minimum Gasteiger partial charge on any atom is -0.385 e. The first kappa shape index (κ1) is 24.0. The van der Waals surface area contributed by atoms with E-state index in [4.69, 9.17) is 9.72 Å². The van der Waals surface area contributed by atoms with Gasteiger partial charge in [0.05, 0.1) is 24.1 Å². The van der Waals surface area contributed by atoms with E-state index in [1.807, 2.05) is 31.7 Å². The molecule has 1 aromatic carbocycles. The van der Waals surface area contributed by atoms with Gasteiger partial charge in [-0.25, -0.2) is 4.79 Å². The minimum absolute atomic E-state index is 0.123. The highest BCUT2D eigenvalue weighted by Crippen LogP contribution is 2.30. The summed E-state index contributed by atoms with van der Waals surface area (Å²) >= 11 is 0. The van der Waals surface area contributed by atoms with E-state index in [1.54, 1.807) is 16.6 Å². The summed E-state index contributed by atoms with van der Waals surface area (Å²) in [4.78, 5) is 19.0. The Hall–Kier alpha value is -3.72. The lowest BCUT2D eigenvalue weighted by Crippen LogP contribution is -2.46. The average molecular weight is 488 g/mol. The van der Waals surface area contributed by atoms with Crippen LogP contribution in [-0.4, -0.2) is 70.8 Å². The number of benzene rings is 1. The van der Waals surface area contributed by atoms with Gasteiger partial charge >= 0.3 is 6.03 Å². The van der Waals surface area contributed by atoms with Crippen molar-refractivity contribution >= 4 is 22.5 Å². The van der Waals surface area contributed by atoms with Crippen LogP contribution in [-0.2, 0) is 11.8 Å². The quantitative estimate of drug-likeness (QED) is 0.478. The summed E-state index contributed by atoms with van der Waals surface area (Å²) in [6, 6.07) is 6.34. The Bertz CT molecular complexity index is 1340. The molecule has 1 saturated heterocycles. The SMILES string of the molecule is CNC(=O)N1CCC(NC2CCOCC2)=C(C(=N)c2ccc(C)c3cc(-c4cnn(C)c4)ncc23)C1. The highest BCUT2D eigenvalue weighted by Gasteiger charge is 2.28. The number of pyridine rings is 1. The highest BCUT2D eigenvalue weighted by atomic mass is 16.5. The number of nitrogens with zero attached hydrogens (tertiary/aromatic N) is 4. The number of aryl methyl sites for hydroxylation is 2. The Morgan fingerprint density at radius 2 is 2.00 bits per heavy atom. The molecule has 2 aromatic heterocycles. The molecule has 36 heavy (non-hydrogen) atoms. The number of rotatable bonds is 5. The molecule has 4 heterocycles. The van der Waals surface area contributed by atoms with E-state index >= 15 is 0 Å². The van der Waals surface area contributed by atoms with Crippen LogP contribution in [0.3, 0.4) is 0 Å². The first-order valence-electron chi connectivity index (χ1n) is 12.4. The summed E-state index contributed by atoms with van der Waals surface area (Å²) in [5, 5.41) is 22.0. The largest absolute Gasteiger partial charge is 0.385 e. The van der Waals surface area contributed by atoms with E-state index < -0.39 is 0 Å². The van der Waals surface area contributed by atoms with Gasteiger partial charge < -0.3 is 20.3 Å². The zero-order valence-corrected chi connectivity index (χ0v) is 21.1. The number of aromatic nitrogens is 3. The monoisotopic (exact) mass is 487 g/mol. The molecule has 9 nitrogen and oxygen atoms in total. The standard InChI is InChI=1S/C27H33N7O2/c1-17-4-5-20(22-14-30-25(12-21(17)22)18-13-31-33(3)15-18)26(28)23-16-34(27(35)29-2)9-6-24(23)32-19-7-10-36-11-8-19/h4-5,12-15,19,28,32H,6-11,16H2,1-3H3,(H,29,35). The molecule has 5 rings (SSSR count).